The van der Waals surface area contributed by atoms with E-state index < -0.39 is 0 Å². The molecule has 0 bridgehead atoms. The fraction of sp³-hybridized carbons (Fsp3) is 0. The molecule has 4 heavy (non-hydrogen) atoms. The molecule has 0 aromatic carbocycles. The van der Waals surface area contributed by atoms with E-state index in [9.17, 15) is 0 Å². The summed E-state index contributed by atoms with van der Waals surface area (Å²) in [5.41, 5.74) is 0. The van der Waals surface area contributed by atoms with Gasteiger partial charge in [0.15, 0.2) is 0 Å². The second kappa shape index (κ2) is 30.0. The van der Waals surface area contributed by atoms with E-state index in [4.69, 9.17) is 0 Å². The zero-order valence-electron chi connectivity index (χ0n) is 1.75. The minimum absolute atomic E-state index is 0. The molecule has 0 N–H and O–H groups in total. The molecule has 0 aliphatic carbocycles. The van der Waals surface area contributed by atoms with Crippen LogP contribution in [0.15, 0.2) is 0 Å². The maximum Gasteiger partial charge on any atom is 0 e. The molecule has 0 aliphatic rings. The SMILES string of the molecule is [C].[Cu].[N].[Ti]. The maximum absolute atomic E-state index is 0. The Morgan fingerprint density at radius 3 is 1.00 bits per heavy atom. The molecule has 0 aromatic rings. The van der Waals surface area contributed by atoms with Gasteiger partial charge in [0.1, 0.15) is 0 Å². The molecule has 0 heterocycles. The van der Waals surface area contributed by atoms with Crippen LogP contribution in [-0.2, 0) is 38.8 Å². The van der Waals surface area contributed by atoms with Crippen LogP contribution in [0, 0.1) is 7.43 Å². The molecule has 8 radical (unpaired) electrons. The van der Waals surface area contributed by atoms with Gasteiger partial charge in [-0.1, -0.05) is 0 Å². The van der Waals surface area contributed by atoms with Crippen molar-refractivity contribution < 1.29 is 38.8 Å². The van der Waals surface area contributed by atoms with Crippen LogP contribution in [0.3, 0.4) is 0 Å². The van der Waals surface area contributed by atoms with E-state index >= 15 is 0 Å². The van der Waals surface area contributed by atoms with Gasteiger partial charge < -0.3 is 0 Å². The monoisotopic (exact) mass is 137 g/mol. The van der Waals surface area contributed by atoms with Gasteiger partial charge in [0.05, 0.1) is 0 Å². The Hall–Kier alpha value is 1.19. The molecule has 0 rings (SSSR count). The van der Waals surface area contributed by atoms with Crippen LogP contribution in [0.1, 0.15) is 0 Å². The smallest absolute Gasteiger partial charge is 0 e. The van der Waals surface area contributed by atoms with E-state index in [1.165, 1.54) is 0 Å². The Kier molecular flexibility index (Phi) is 481. The third kappa shape index (κ3) is 10.8. The normalized spacial score (nSPS) is 0. The molecule has 0 unspecified atom stereocenters. The number of nitrogens with zero attached hydrogens (tertiary/aromatic N) is 1. The van der Waals surface area contributed by atoms with Gasteiger partial charge in [-0.25, -0.2) is 0 Å². The average molecular weight is 137 g/mol. The van der Waals surface area contributed by atoms with E-state index in [0.29, 0.717) is 0 Å². The maximum atomic E-state index is 0. The van der Waals surface area contributed by atoms with Gasteiger partial charge in [-0.05, 0) is 0 Å². The largest absolute Gasteiger partial charge is 0 e. The first kappa shape index (κ1) is 64.1. The molecule has 0 atom stereocenters. The van der Waals surface area contributed by atoms with Crippen molar-refractivity contribution in [3.63, 3.8) is 0 Å². The summed E-state index contributed by atoms with van der Waals surface area (Å²) in [5, 5.41) is 0. The molecule has 0 saturated carbocycles. The molecule has 0 saturated heterocycles. The van der Waals surface area contributed by atoms with E-state index in [-0.39, 0.29) is 52.4 Å². The fourth-order valence-electron chi connectivity index (χ4n) is 0. The quantitative estimate of drug-likeness (QED) is 0.407. The van der Waals surface area contributed by atoms with Crippen molar-refractivity contribution in [2.75, 3.05) is 0 Å². The van der Waals surface area contributed by atoms with Crippen molar-refractivity contribution in [1.82, 2.24) is 6.15 Å². The molecule has 0 aromatic heterocycles. The summed E-state index contributed by atoms with van der Waals surface area (Å²) in [7, 11) is 0. The average Bonchev–Trinajstić information content (AvgIpc) is 0. The van der Waals surface area contributed by atoms with Crippen LogP contribution in [0.4, 0.5) is 0 Å². The van der Waals surface area contributed by atoms with Crippen LogP contribution >= 0.6 is 0 Å². The van der Waals surface area contributed by atoms with Crippen LogP contribution in [0.2, 0.25) is 0 Å². The van der Waals surface area contributed by atoms with Gasteiger partial charge >= 0.3 is 0 Å². The summed E-state index contributed by atoms with van der Waals surface area (Å²) >= 11 is 0. The minimum Gasteiger partial charge on any atom is 0 e. The van der Waals surface area contributed by atoms with Crippen molar-refractivity contribution >= 4 is 0 Å². The first-order valence-corrected chi connectivity index (χ1v) is 0. The van der Waals surface area contributed by atoms with Gasteiger partial charge in [0.25, 0.3) is 0 Å². The fourth-order valence-corrected chi connectivity index (χ4v) is 0. The van der Waals surface area contributed by atoms with Gasteiger partial charge in [0, 0.05) is 52.4 Å². The summed E-state index contributed by atoms with van der Waals surface area (Å²) in [5.74, 6) is 0. The third-order valence-electron chi connectivity index (χ3n) is 0. The van der Waals surface area contributed by atoms with Gasteiger partial charge in [-0.15, -0.1) is 0 Å². The Balaban J connectivity index is 0. The van der Waals surface area contributed by atoms with Crippen molar-refractivity contribution in [2.45, 2.75) is 0 Å². The van der Waals surface area contributed by atoms with Gasteiger partial charge in [-0.2, -0.15) is 0 Å². The van der Waals surface area contributed by atoms with E-state index in [1.807, 2.05) is 0 Å². The molecule has 24 valence electrons. The van der Waals surface area contributed by atoms with Crippen LogP contribution in [0.25, 0.3) is 0 Å². The molecule has 0 spiro atoms. The Morgan fingerprint density at radius 2 is 1.00 bits per heavy atom. The number of hydrogen-bond acceptors (Lipinski definition) is 0. The van der Waals surface area contributed by atoms with Crippen molar-refractivity contribution in [1.29, 1.82) is 0 Å². The van der Waals surface area contributed by atoms with Gasteiger partial charge in [0.2, 0.25) is 0 Å². The van der Waals surface area contributed by atoms with Crippen LogP contribution in [0.5, 0.6) is 0 Å². The summed E-state index contributed by atoms with van der Waals surface area (Å²) in [6, 6.07) is 0. The zero-order chi connectivity index (χ0) is 0. The Morgan fingerprint density at radius 1 is 1.00 bits per heavy atom. The predicted molar refractivity (Wildman–Crippen MR) is 5.38 cm³/mol. The zero-order valence-corrected chi connectivity index (χ0v) is 4.25. The minimum atomic E-state index is 0. The van der Waals surface area contributed by atoms with Crippen molar-refractivity contribution in [3.05, 3.63) is 7.43 Å². The van der Waals surface area contributed by atoms with Gasteiger partial charge in [-0.3, -0.25) is 0 Å². The Labute approximate surface area is 52.5 Å². The van der Waals surface area contributed by atoms with E-state index in [2.05, 4.69) is 0 Å². The predicted octanol–water partition coefficient (Wildman–Crippen LogP) is -0.404. The summed E-state index contributed by atoms with van der Waals surface area (Å²) in [4.78, 5) is 0. The Bertz CT molecular complexity index is 8.00. The molecule has 3 heteroatoms. The van der Waals surface area contributed by atoms with Crippen molar-refractivity contribution in [3.8, 4) is 0 Å². The van der Waals surface area contributed by atoms with Crippen LogP contribution in [-0.4, -0.2) is 0 Å². The third-order valence-corrected chi connectivity index (χ3v) is 0. The van der Waals surface area contributed by atoms with Crippen molar-refractivity contribution in [2.24, 2.45) is 0 Å². The number of rotatable bonds is 0. The molecular weight excluding hydrogens is 137 g/mol. The number of hydrogen-bond donors (Lipinski definition) is 0. The summed E-state index contributed by atoms with van der Waals surface area (Å²) in [6.07, 6.45) is 0. The second-order valence-electron chi connectivity index (χ2n) is 0. The molecule has 1 nitrogen and oxygen atoms in total. The molecular formula is CCuNTi. The first-order chi connectivity index (χ1) is 0. The molecule has 0 aliphatic heterocycles. The summed E-state index contributed by atoms with van der Waals surface area (Å²) < 4.78 is 0. The topological polar surface area (TPSA) is 30.5 Å². The van der Waals surface area contributed by atoms with Crippen LogP contribution < -0.4 is 6.15 Å². The standard InChI is InChI=1S/C.Cu.N.Ti. The molecule has 0 fully saturated rings. The summed E-state index contributed by atoms with van der Waals surface area (Å²) in [6.45, 7) is 0. The first-order valence-electron chi connectivity index (χ1n) is 0. The second-order valence-corrected chi connectivity index (χ2v) is 0. The van der Waals surface area contributed by atoms with E-state index in [0.717, 1.165) is 0 Å². The van der Waals surface area contributed by atoms with E-state index in [1.54, 1.807) is 0 Å². The molecule has 0 amide bonds.